The van der Waals surface area contributed by atoms with Crippen molar-refractivity contribution in [2.45, 2.75) is 52.8 Å². The number of hydrogen-bond acceptors (Lipinski definition) is 7. The Labute approximate surface area is 217 Å². The Kier molecular flexibility index (Phi) is 6.78. The van der Waals surface area contributed by atoms with Gasteiger partial charge in [-0.05, 0) is 24.5 Å². The van der Waals surface area contributed by atoms with Gasteiger partial charge in [0, 0.05) is 24.9 Å². The van der Waals surface area contributed by atoms with E-state index in [1.165, 1.54) is 18.4 Å². The number of hydroxylamine groups is 2. The summed E-state index contributed by atoms with van der Waals surface area (Å²) < 4.78 is 4.73. The first kappa shape index (κ1) is 25.4. The lowest BCUT2D eigenvalue weighted by Gasteiger charge is -2.16. The number of rotatable bonds is 7. The molecule has 11 heteroatoms. The second-order valence-corrected chi connectivity index (χ2v) is 11.0. The maximum absolute atomic E-state index is 13.8. The molecule has 0 spiro atoms. The van der Waals surface area contributed by atoms with Gasteiger partial charge in [-0.2, -0.15) is 0 Å². The van der Waals surface area contributed by atoms with Crippen LogP contribution in [-0.2, 0) is 31.4 Å². The molecule has 196 valence electrons. The van der Waals surface area contributed by atoms with E-state index in [9.17, 15) is 19.5 Å². The molecule has 0 aliphatic carbocycles. The molecule has 0 unspecified atom stereocenters. The van der Waals surface area contributed by atoms with Crippen molar-refractivity contribution in [2.24, 2.45) is 13.0 Å². The summed E-state index contributed by atoms with van der Waals surface area (Å²) in [5.74, 6) is 0.542. The van der Waals surface area contributed by atoms with Gasteiger partial charge in [0.05, 0.1) is 35.1 Å². The molecule has 0 radical (unpaired) electrons. The molecular formula is C26H31N5O5S. The van der Waals surface area contributed by atoms with Gasteiger partial charge in [-0.1, -0.05) is 32.9 Å². The number of aliphatic hydroxyl groups is 1. The minimum absolute atomic E-state index is 0.00597. The molecule has 4 aromatic rings. The van der Waals surface area contributed by atoms with Crippen LogP contribution in [0.4, 0.5) is 0 Å². The van der Waals surface area contributed by atoms with Crippen molar-refractivity contribution in [2.75, 3.05) is 13.2 Å². The largest absolute Gasteiger partial charge is 0.389 e. The molecule has 4 heterocycles. The highest BCUT2D eigenvalue weighted by atomic mass is 32.1. The quantitative estimate of drug-likeness (QED) is 0.397. The monoisotopic (exact) mass is 525 g/mol. The number of para-hydroxylation sites is 2. The van der Waals surface area contributed by atoms with Crippen LogP contribution in [0.25, 0.3) is 21.3 Å². The van der Waals surface area contributed by atoms with Crippen LogP contribution < -0.4 is 11.2 Å². The number of aryl methyl sites for hydroxylation is 1. The smallest absolute Gasteiger partial charge is 0.331 e. The van der Waals surface area contributed by atoms with Crippen molar-refractivity contribution in [3.8, 4) is 0 Å². The number of benzene rings is 1. The number of aliphatic hydroxyl groups excluding tert-OH is 1. The van der Waals surface area contributed by atoms with Crippen molar-refractivity contribution < 1.29 is 14.7 Å². The molecule has 3 aromatic heterocycles. The van der Waals surface area contributed by atoms with Crippen molar-refractivity contribution >= 4 is 38.5 Å². The Balaban J connectivity index is 1.78. The van der Waals surface area contributed by atoms with Crippen molar-refractivity contribution in [1.29, 1.82) is 0 Å². The summed E-state index contributed by atoms with van der Waals surface area (Å²) in [4.78, 5) is 51.8. The molecule has 1 aliphatic rings. The number of carbonyl (C=O) groups is 1. The number of aromatic nitrogens is 4. The number of hydrogen-bond donors (Lipinski definition) is 1. The lowest BCUT2D eigenvalue weighted by Crippen LogP contribution is -2.39. The van der Waals surface area contributed by atoms with Gasteiger partial charge in [0.2, 0.25) is 0 Å². The Morgan fingerprint density at radius 2 is 2.00 bits per heavy atom. The number of nitrogens with zero attached hydrogens (tertiary/aromatic N) is 5. The molecule has 10 nitrogen and oxygen atoms in total. The first-order valence-corrected chi connectivity index (χ1v) is 13.3. The third-order valence-electron chi connectivity index (χ3n) is 6.54. The summed E-state index contributed by atoms with van der Waals surface area (Å²) in [6.45, 7) is 6.82. The van der Waals surface area contributed by atoms with Crippen LogP contribution in [0.15, 0.2) is 33.9 Å². The van der Waals surface area contributed by atoms with Crippen LogP contribution in [0.3, 0.4) is 0 Å². The minimum Gasteiger partial charge on any atom is -0.389 e. The Morgan fingerprint density at radius 1 is 1.24 bits per heavy atom. The minimum atomic E-state index is -0.798. The van der Waals surface area contributed by atoms with Crippen LogP contribution in [0.5, 0.6) is 0 Å². The predicted molar refractivity (Wildman–Crippen MR) is 142 cm³/mol. The molecular weight excluding hydrogens is 494 g/mol. The summed E-state index contributed by atoms with van der Waals surface area (Å²) in [7, 11) is 1.44. The normalized spacial score (nSPS) is 16.1. The van der Waals surface area contributed by atoms with Gasteiger partial charge in [-0.25, -0.2) is 14.8 Å². The maximum Gasteiger partial charge on any atom is 0.331 e. The number of β-amino-alcohol motifs (C(OH)–C–C–N with tert-alkyl or cyclic N) is 1. The van der Waals surface area contributed by atoms with Gasteiger partial charge in [0.15, 0.2) is 0 Å². The van der Waals surface area contributed by atoms with Crippen LogP contribution in [-0.4, -0.2) is 54.0 Å². The Bertz CT molecular complexity index is 1610. The third-order valence-corrected chi connectivity index (χ3v) is 7.74. The highest BCUT2D eigenvalue weighted by Gasteiger charge is 2.33. The fraction of sp³-hybridized carbons (Fsp3) is 0.462. The summed E-state index contributed by atoms with van der Waals surface area (Å²) in [5.41, 5.74) is 1.08. The van der Waals surface area contributed by atoms with Crippen LogP contribution in [0.1, 0.15) is 48.3 Å². The molecule has 1 N–H and O–H groups in total. The van der Waals surface area contributed by atoms with Gasteiger partial charge in [0.1, 0.15) is 23.4 Å². The lowest BCUT2D eigenvalue weighted by molar-refractivity contribution is -0.0778. The zero-order valence-electron chi connectivity index (χ0n) is 21.4. The van der Waals surface area contributed by atoms with E-state index in [4.69, 9.17) is 9.82 Å². The van der Waals surface area contributed by atoms with Gasteiger partial charge < -0.3 is 9.67 Å². The summed E-state index contributed by atoms with van der Waals surface area (Å²) in [6, 6.07) is 7.83. The summed E-state index contributed by atoms with van der Waals surface area (Å²) >= 11 is 1.29. The predicted octanol–water partition coefficient (Wildman–Crippen LogP) is 2.52. The van der Waals surface area contributed by atoms with E-state index < -0.39 is 23.3 Å². The first-order valence-electron chi connectivity index (χ1n) is 12.5. The molecule has 0 saturated carbocycles. The van der Waals surface area contributed by atoms with Crippen molar-refractivity contribution in [1.82, 2.24) is 23.7 Å². The second-order valence-electron chi connectivity index (χ2n) is 9.90. The highest BCUT2D eigenvalue weighted by molar-refractivity contribution is 7.19. The van der Waals surface area contributed by atoms with E-state index in [2.05, 4.69) is 11.5 Å². The molecule has 1 fully saturated rings. The second kappa shape index (κ2) is 9.88. The van der Waals surface area contributed by atoms with Crippen LogP contribution in [0.2, 0.25) is 0 Å². The van der Waals surface area contributed by atoms with E-state index in [0.29, 0.717) is 22.8 Å². The molecule has 0 bridgehead atoms. The van der Waals surface area contributed by atoms with Gasteiger partial charge >= 0.3 is 5.69 Å². The SMILES string of the molecule is CCCc1nc2ccccc2n1Cc1sc2c(c1C(=O)N1C[C@H](O)CO1)c(=O)n(C)c(=O)n2CC(C)C. The lowest BCUT2D eigenvalue weighted by atomic mass is 10.1. The number of amides is 1. The third kappa shape index (κ3) is 4.41. The molecule has 37 heavy (non-hydrogen) atoms. The van der Waals surface area contributed by atoms with E-state index >= 15 is 0 Å². The fourth-order valence-corrected chi connectivity index (χ4v) is 6.11. The highest BCUT2D eigenvalue weighted by Crippen LogP contribution is 2.33. The molecule has 1 amide bonds. The van der Waals surface area contributed by atoms with E-state index in [-0.39, 0.29) is 30.0 Å². The van der Waals surface area contributed by atoms with E-state index in [1.807, 2.05) is 38.1 Å². The maximum atomic E-state index is 13.8. The Hall–Kier alpha value is -3.28. The van der Waals surface area contributed by atoms with Crippen molar-refractivity contribution in [3.63, 3.8) is 0 Å². The number of imidazole rings is 1. The summed E-state index contributed by atoms with van der Waals surface area (Å²) in [5, 5.41) is 11.3. The molecule has 1 saturated heterocycles. The number of carbonyl (C=O) groups excluding carboxylic acids is 1. The fourth-order valence-electron chi connectivity index (χ4n) is 4.84. The molecule has 1 aromatic carbocycles. The number of thiophene rings is 1. The van der Waals surface area contributed by atoms with E-state index in [0.717, 1.165) is 39.3 Å². The molecule has 1 aliphatic heterocycles. The molecule has 1 atom stereocenters. The zero-order valence-corrected chi connectivity index (χ0v) is 22.2. The first-order chi connectivity index (χ1) is 17.7. The molecule has 5 rings (SSSR count). The zero-order chi connectivity index (χ0) is 26.4. The number of fused-ring (bicyclic) bond motifs is 2. The van der Waals surface area contributed by atoms with Gasteiger partial charge in [0.25, 0.3) is 11.5 Å². The Morgan fingerprint density at radius 3 is 2.68 bits per heavy atom. The van der Waals surface area contributed by atoms with Gasteiger partial charge in [-0.15, -0.1) is 11.3 Å². The average Bonchev–Trinajstić information content (AvgIpc) is 3.56. The van der Waals surface area contributed by atoms with Gasteiger partial charge in [-0.3, -0.25) is 23.6 Å². The van der Waals surface area contributed by atoms with Crippen LogP contribution in [0, 0.1) is 5.92 Å². The van der Waals surface area contributed by atoms with Crippen molar-refractivity contribution in [3.05, 3.63) is 61.4 Å². The van der Waals surface area contributed by atoms with Crippen LogP contribution >= 0.6 is 11.3 Å². The standard InChI is InChI=1S/C26H31N5O5S/c1-5-8-20-27-17-9-6-7-10-18(17)29(20)13-19-21(24(34)31-12-16(32)14-36-31)22-23(33)28(4)26(35)30(11-15(2)3)25(22)37-19/h6-7,9-10,15-16,32H,5,8,11-14H2,1-4H3/t16-/m0/s1. The topological polar surface area (TPSA) is 112 Å². The summed E-state index contributed by atoms with van der Waals surface area (Å²) in [6.07, 6.45) is 0.854. The average molecular weight is 526 g/mol. The van der Waals surface area contributed by atoms with E-state index in [1.54, 1.807) is 4.57 Å².